The Bertz CT molecular complexity index is 335. The van der Waals surface area contributed by atoms with Crippen LogP contribution in [-0.4, -0.2) is 43.8 Å². The van der Waals surface area contributed by atoms with Crippen molar-refractivity contribution in [2.75, 3.05) is 19.8 Å². The van der Waals surface area contributed by atoms with Crippen molar-refractivity contribution in [2.45, 2.75) is 62.5 Å². The van der Waals surface area contributed by atoms with Crippen molar-refractivity contribution < 1.29 is 27.0 Å². The zero-order chi connectivity index (χ0) is 15.5. The molecule has 1 aliphatic carbocycles. The molecule has 2 atom stereocenters. The molecule has 2 unspecified atom stereocenters. The molecule has 7 heteroatoms. The van der Waals surface area contributed by atoms with Crippen molar-refractivity contribution in [3.05, 3.63) is 0 Å². The third-order valence-corrected chi connectivity index (χ3v) is 4.58. The van der Waals surface area contributed by atoms with Crippen molar-refractivity contribution in [1.29, 1.82) is 0 Å². The number of alkyl halides is 4. The molecule has 1 heterocycles. The fourth-order valence-electron chi connectivity index (χ4n) is 3.33. The molecule has 0 aromatic rings. The fourth-order valence-corrected chi connectivity index (χ4v) is 3.33. The summed E-state index contributed by atoms with van der Waals surface area (Å²) in [5.74, 6) is -3.97. The van der Waals surface area contributed by atoms with Crippen LogP contribution in [0.2, 0.25) is 0 Å². The van der Waals surface area contributed by atoms with Gasteiger partial charge in [0.2, 0.25) is 0 Å². The number of halogens is 4. The molecule has 1 saturated heterocycles. The second kappa shape index (κ2) is 6.79. The van der Waals surface area contributed by atoms with Gasteiger partial charge in [-0.05, 0) is 31.6 Å². The summed E-state index contributed by atoms with van der Waals surface area (Å²) in [5, 5.41) is 0. The lowest BCUT2D eigenvalue weighted by molar-refractivity contribution is -0.168. The third-order valence-electron chi connectivity index (χ3n) is 4.58. The monoisotopic (exact) mass is 313 g/mol. The highest BCUT2D eigenvalue weighted by molar-refractivity contribution is 4.93. The zero-order valence-electron chi connectivity index (χ0n) is 12.0. The maximum atomic E-state index is 12.7. The van der Waals surface area contributed by atoms with Crippen LogP contribution in [0.25, 0.3) is 0 Å². The Hall–Kier alpha value is -0.400. The van der Waals surface area contributed by atoms with Gasteiger partial charge in [0.05, 0.1) is 12.2 Å². The van der Waals surface area contributed by atoms with E-state index in [1.54, 1.807) is 0 Å². The Morgan fingerprint density at radius 3 is 2.57 bits per heavy atom. The van der Waals surface area contributed by atoms with Gasteiger partial charge in [0.25, 0.3) is 0 Å². The summed E-state index contributed by atoms with van der Waals surface area (Å²) in [6.07, 6.45) is 2.16. The first-order valence-corrected chi connectivity index (χ1v) is 7.48. The zero-order valence-corrected chi connectivity index (χ0v) is 12.0. The van der Waals surface area contributed by atoms with Gasteiger partial charge in [0.1, 0.15) is 6.61 Å². The van der Waals surface area contributed by atoms with Gasteiger partial charge in [-0.15, -0.1) is 0 Å². The molecule has 2 rings (SSSR count). The Labute approximate surface area is 122 Å². The van der Waals surface area contributed by atoms with Crippen LogP contribution >= 0.6 is 0 Å². The lowest BCUT2D eigenvalue weighted by atomic mass is 9.81. The van der Waals surface area contributed by atoms with E-state index >= 15 is 0 Å². The highest BCUT2D eigenvalue weighted by Crippen LogP contribution is 2.42. The summed E-state index contributed by atoms with van der Waals surface area (Å²) >= 11 is 0. The number of nitrogens with two attached hydrogens (primary N) is 1. The largest absolute Gasteiger partial charge is 0.375 e. The summed E-state index contributed by atoms with van der Waals surface area (Å²) in [7, 11) is 0. The number of ether oxygens (including phenoxy) is 2. The van der Waals surface area contributed by atoms with Gasteiger partial charge in [-0.2, -0.15) is 8.78 Å². The van der Waals surface area contributed by atoms with Gasteiger partial charge in [-0.3, -0.25) is 0 Å². The van der Waals surface area contributed by atoms with E-state index in [-0.39, 0.29) is 18.1 Å². The molecule has 2 fully saturated rings. The quantitative estimate of drug-likeness (QED) is 0.767. The summed E-state index contributed by atoms with van der Waals surface area (Å²) in [4.78, 5) is 0. The van der Waals surface area contributed by atoms with Crippen LogP contribution in [0.4, 0.5) is 17.6 Å². The first kappa shape index (κ1) is 17.0. The van der Waals surface area contributed by atoms with E-state index < -0.39 is 25.0 Å². The molecule has 0 amide bonds. The average Bonchev–Trinajstić information content (AvgIpc) is 2.86. The summed E-state index contributed by atoms with van der Waals surface area (Å²) < 4.78 is 60.1. The molecule has 2 aliphatic rings. The fraction of sp³-hybridized carbons (Fsp3) is 1.00. The molecule has 124 valence electrons. The van der Waals surface area contributed by atoms with Crippen molar-refractivity contribution in [3.63, 3.8) is 0 Å². The van der Waals surface area contributed by atoms with Gasteiger partial charge in [0.15, 0.2) is 0 Å². The molecule has 21 heavy (non-hydrogen) atoms. The smallest absolute Gasteiger partial charge is 0.330 e. The second-order valence-electron chi connectivity index (χ2n) is 6.23. The first-order valence-electron chi connectivity index (χ1n) is 7.48. The van der Waals surface area contributed by atoms with Crippen LogP contribution in [0.5, 0.6) is 0 Å². The van der Waals surface area contributed by atoms with Crippen LogP contribution in [0.3, 0.4) is 0 Å². The predicted molar refractivity (Wildman–Crippen MR) is 69.6 cm³/mol. The van der Waals surface area contributed by atoms with E-state index in [4.69, 9.17) is 15.2 Å². The van der Waals surface area contributed by atoms with E-state index in [0.717, 1.165) is 38.5 Å². The Kier molecular flexibility index (Phi) is 5.48. The normalized spacial score (nSPS) is 27.4. The Morgan fingerprint density at radius 1 is 1.29 bits per heavy atom. The van der Waals surface area contributed by atoms with Gasteiger partial charge in [-0.1, -0.05) is 12.8 Å². The van der Waals surface area contributed by atoms with E-state index in [0.29, 0.717) is 6.61 Å². The van der Waals surface area contributed by atoms with Crippen LogP contribution in [0, 0.1) is 5.92 Å². The summed E-state index contributed by atoms with van der Waals surface area (Å²) in [5.41, 5.74) is 5.89. The highest BCUT2D eigenvalue weighted by Gasteiger charge is 2.43. The average molecular weight is 313 g/mol. The summed E-state index contributed by atoms with van der Waals surface area (Å²) in [6.45, 7) is -0.790. The van der Waals surface area contributed by atoms with Crippen LogP contribution in [0.1, 0.15) is 38.5 Å². The molecule has 0 bridgehead atoms. The summed E-state index contributed by atoms with van der Waals surface area (Å²) in [6, 6.07) is -0.417. The topological polar surface area (TPSA) is 44.5 Å². The number of rotatable bonds is 6. The molecule has 3 nitrogen and oxygen atoms in total. The van der Waals surface area contributed by atoms with Gasteiger partial charge < -0.3 is 15.2 Å². The van der Waals surface area contributed by atoms with E-state index in [2.05, 4.69) is 0 Å². The first-order chi connectivity index (χ1) is 9.85. The predicted octanol–water partition coefficient (Wildman–Crippen LogP) is 2.97. The van der Waals surface area contributed by atoms with Crippen molar-refractivity contribution in [2.24, 2.45) is 11.7 Å². The molecule has 0 aromatic heterocycles. The maximum Gasteiger partial charge on any atom is 0.330 e. The molecule has 2 N–H and O–H groups in total. The molecule has 0 radical (unpaired) electrons. The van der Waals surface area contributed by atoms with E-state index in [1.165, 1.54) is 0 Å². The van der Waals surface area contributed by atoms with Crippen LogP contribution in [-0.2, 0) is 9.47 Å². The number of hydrogen-bond donors (Lipinski definition) is 1. The van der Waals surface area contributed by atoms with Crippen molar-refractivity contribution in [1.82, 2.24) is 0 Å². The minimum Gasteiger partial charge on any atom is -0.375 e. The highest BCUT2D eigenvalue weighted by atomic mass is 19.3. The molecule has 1 saturated carbocycles. The van der Waals surface area contributed by atoms with Gasteiger partial charge >= 0.3 is 12.3 Å². The van der Waals surface area contributed by atoms with Gasteiger partial charge in [0, 0.05) is 12.6 Å². The standard InChI is InChI=1S/C14H23F4NO2/c15-12(16)14(17,18)9-20-8-11(19)10-3-6-21-13(7-10)4-1-2-5-13/h10-12H,1-9,19H2. The van der Waals surface area contributed by atoms with Crippen molar-refractivity contribution in [3.8, 4) is 0 Å². The Morgan fingerprint density at radius 2 is 1.95 bits per heavy atom. The van der Waals surface area contributed by atoms with E-state index in [9.17, 15) is 17.6 Å². The van der Waals surface area contributed by atoms with Crippen LogP contribution in [0.15, 0.2) is 0 Å². The van der Waals surface area contributed by atoms with E-state index in [1.807, 2.05) is 0 Å². The van der Waals surface area contributed by atoms with Gasteiger partial charge in [-0.25, -0.2) is 8.78 Å². The lowest BCUT2D eigenvalue weighted by Crippen LogP contribution is -2.46. The maximum absolute atomic E-state index is 12.7. The minimum atomic E-state index is -4.11. The van der Waals surface area contributed by atoms with Crippen LogP contribution < -0.4 is 5.73 Å². The molecule has 1 aliphatic heterocycles. The molecule has 1 spiro atoms. The third kappa shape index (κ3) is 4.29. The number of hydrogen-bond acceptors (Lipinski definition) is 3. The Balaban J connectivity index is 1.76. The molecular formula is C14H23F4NO2. The van der Waals surface area contributed by atoms with Crippen molar-refractivity contribution >= 4 is 0 Å². The SMILES string of the molecule is NC(COCC(F)(F)C(F)F)C1CCOC2(CCCC2)C1. The molecule has 0 aromatic carbocycles. The lowest BCUT2D eigenvalue weighted by Gasteiger charge is -2.40. The minimum absolute atomic E-state index is 0.104. The second-order valence-corrected chi connectivity index (χ2v) is 6.23. The molecular weight excluding hydrogens is 290 g/mol.